The number of hydrogen-bond donors (Lipinski definition) is 0. The molecule has 0 unspecified atom stereocenters. The molecule has 1 aliphatic rings. The van der Waals surface area contributed by atoms with E-state index in [-0.39, 0.29) is 18.7 Å². The molecule has 3 aromatic rings. The van der Waals surface area contributed by atoms with Crippen LogP contribution in [0.5, 0.6) is 0 Å². The quantitative estimate of drug-likeness (QED) is 0.416. The fourth-order valence-electron chi connectivity index (χ4n) is 4.08. The van der Waals surface area contributed by atoms with Gasteiger partial charge >= 0.3 is 12.2 Å². The second-order valence-electron chi connectivity index (χ2n) is 9.49. The van der Waals surface area contributed by atoms with Crippen LogP contribution in [0.3, 0.4) is 0 Å². The Hall–Kier alpha value is -3.87. The van der Waals surface area contributed by atoms with Gasteiger partial charge < -0.3 is 14.4 Å². The summed E-state index contributed by atoms with van der Waals surface area (Å²) in [5.41, 5.74) is 1.87. The molecule has 0 saturated carbocycles. The second kappa shape index (κ2) is 10.6. The van der Waals surface area contributed by atoms with E-state index < -0.39 is 11.7 Å². The van der Waals surface area contributed by atoms with E-state index in [0.717, 1.165) is 24.0 Å². The maximum absolute atomic E-state index is 13.0. The van der Waals surface area contributed by atoms with E-state index in [4.69, 9.17) is 9.47 Å². The lowest BCUT2D eigenvalue weighted by molar-refractivity contribution is 0.0598. The molecule has 0 radical (unpaired) electrons. The summed E-state index contributed by atoms with van der Waals surface area (Å²) in [4.78, 5) is 33.6. The molecule has 4 rings (SSSR count). The molecule has 2 aromatic carbocycles. The maximum Gasteiger partial charge on any atom is 0.420 e. The summed E-state index contributed by atoms with van der Waals surface area (Å²) >= 11 is 0. The molecule has 0 aliphatic carbocycles. The number of pyridine rings is 1. The van der Waals surface area contributed by atoms with Crippen LogP contribution >= 0.6 is 0 Å². The zero-order chi connectivity index (χ0) is 24.8. The zero-order valence-electron chi connectivity index (χ0n) is 20.4. The minimum Gasteiger partial charge on any atom is -0.445 e. The summed E-state index contributed by atoms with van der Waals surface area (Å²) in [6.45, 7) is 6.36. The van der Waals surface area contributed by atoms with Crippen molar-refractivity contribution < 1.29 is 19.1 Å². The SMILES string of the molecule is CC(C)(C)OC(=O)N(c1ccccc1)c1ccc([C@@H]2CCCN2C(=O)OCc2ccccc2)cn1. The van der Waals surface area contributed by atoms with Gasteiger partial charge in [0.2, 0.25) is 0 Å². The van der Waals surface area contributed by atoms with E-state index in [0.29, 0.717) is 18.1 Å². The lowest BCUT2D eigenvalue weighted by Crippen LogP contribution is -2.34. The topological polar surface area (TPSA) is 72.0 Å². The van der Waals surface area contributed by atoms with E-state index in [2.05, 4.69) is 4.98 Å². The molecule has 2 heterocycles. The molecule has 1 atom stereocenters. The fraction of sp³-hybridized carbons (Fsp3) is 0.321. The van der Waals surface area contributed by atoms with Gasteiger partial charge in [-0.3, -0.25) is 0 Å². The molecule has 7 nitrogen and oxygen atoms in total. The minimum atomic E-state index is -0.644. The Kier molecular flexibility index (Phi) is 7.34. The number of rotatable bonds is 5. The molecule has 0 bridgehead atoms. The van der Waals surface area contributed by atoms with Crippen LogP contribution in [0.2, 0.25) is 0 Å². The molecule has 7 heteroatoms. The number of anilines is 2. The van der Waals surface area contributed by atoms with Crippen molar-refractivity contribution in [3.63, 3.8) is 0 Å². The molecule has 182 valence electrons. The summed E-state index contributed by atoms with van der Waals surface area (Å²) in [7, 11) is 0. The first kappa shape index (κ1) is 24.3. The van der Waals surface area contributed by atoms with Gasteiger partial charge in [-0.25, -0.2) is 19.5 Å². The van der Waals surface area contributed by atoms with Crippen molar-refractivity contribution in [3.05, 3.63) is 90.1 Å². The van der Waals surface area contributed by atoms with Gasteiger partial charge in [0, 0.05) is 12.7 Å². The first-order valence-electron chi connectivity index (χ1n) is 11.8. The highest BCUT2D eigenvalue weighted by Crippen LogP contribution is 2.34. The Morgan fingerprint density at radius 1 is 1.00 bits per heavy atom. The van der Waals surface area contributed by atoms with Crippen LogP contribution in [0, 0.1) is 0 Å². The van der Waals surface area contributed by atoms with Gasteiger partial charge in [0.15, 0.2) is 0 Å². The van der Waals surface area contributed by atoms with Gasteiger partial charge in [0.05, 0.1) is 11.7 Å². The summed E-state index contributed by atoms with van der Waals surface area (Å²) in [6, 6.07) is 22.5. The standard InChI is InChI=1S/C28H31N3O4/c1-28(2,3)35-27(33)31(23-13-8-5-9-14-23)25-17-16-22(19-29-25)24-15-10-18-30(24)26(32)34-20-21-11-6-4-7-12-21/h4-9,11-14,16-17,19,24H,10,15,18,20H2,1-3H3/t24-/m0/s1. The van der Waals surface area contributed by atoms with Gasteiger partial charge in [0.25, 0.3) is 0 Å². The number of aromatic nitrogens is 1. The summed E-state index contributed by atoms with van der Waals surface area (Å²) < 4.78 is 11.2. The molecule has 2 amide bonds. The molecule has 1 saturated heterocycles. The summed E-state index contributed by atoms with van der Waals surface area (Å²) in [6.07, 6.45) is 2.61. The third-order valence-corrected chi connectivity index (χ3v) is 5.67. The maximum atomic E-state index is 13.0. The minimum absolute atomic E-state index is 0.119. The zero-order valence-corrected chi connectivity index (χ0v) is 20.4. The highest BCUT2D eigenvalue weighted by atomic mass is 16.6. The molecule has 1 aliphatic heterocycles. The van der Waals surface area contributed by atoms with E-state index in [1.54, 1.807) is 17.2 Å². The lowest BCUT2D eigenvalue weighted by atomic mass is 10.1. The number of likely N-dealkylation sites (tertiary alicyclic amines) is 1. The fourth-order valence-corrected chi connectivity index (χ4v) is 4.08. The molecule has 35 heavy (non-hydrogen) atoms. The largest absolute Gasteiger partial charge is 0.445 e. The smallest absolute Gasteiger partial charge is 0.420 e. The predicted octanol–water partition coefficient (Wildman–Crippen LogP) is 6.63. The molecule has 0 N–H and O–H groups in total. The summed E-state index contributed by atoms with van der Waals surface area (Å²) in [5, 5.41) is 0. The Morgan fingerprint density at radius 3 is 2.31 bits per heavy atom. The van der Waals surface area contributed by atoms with Gasteiger partial charge in [0.1, 0.15) is 18.0 Å². The molecular formula is C28H31N3O4. The highest BCUT2D eigenvalue weighted by molar-refractivity contribution is 5.95. The first-order valence-corrected chi connectivity index (χ1v) is 11.8. The van der Waals surface area contributed by atoms with Gasteiger partial charge in [-0.05, 0) is 62.9 Å². The Balaban J connectivity index is 1.50. The van der Waals surface area contributed by atoms with Crippen molar-refractivity contribution in [2.45, 2.75) is 51.9 Å². The first-order chi connectivity index (χ1) is 16.8. The Labute approximate surface area is 206 Å². The van der Waals surface area contributed by atoms with Crippen molar-refractivity contribution in [1.29, 1.82) is 0 Å². The van der Waals surface area contributed by atoms with Crippen LogP contribution in [-0.4, -0.2) is 34.2 Å². The molecule has 1 fully saturated rings. The van der Waals surface area contributed by atoms with Crippen LogP contribution in [0.4, 0.5) is 21.1 Å². The van der Waals surface area contributed by atoms with E-state index in [9.17, 15) is 9.59 Å². The number of ether oxygens (including phenoxy) is 2. The number of benzene rings is 2. The molecule has 0 spiro atoms. The third kappa shape index (κ3) is 6.18. The van der Waals surface area contributed by atoms with Crippen LogP contribution in [0.25, 0.3) is 0 Å². The van der Waals surface area contributed by atoms with Gasteiger partial charge in [-0.1, -0.05) is 54.6 Å². The summed E-state index contributed by atoms with van der Waals surface area (Å²) in [5.74, 6) is 0.449. The second-order valence-corrected chi connectivity index (χ2v) is 9.49. The van der Waals surface area contributed by atoms with Crippen molar-refractivity contribution in [1.82, 2.24) is 9.88 Å². The number of carbonyl (C=O) groups is 2. The number of carbonyl (C=O) groups excluding carboxylic acids is 2. The van der Waals surface area contributed by atoms with Crippen molar-refractivity contribution in [2.24, 2.45) is 0 Å². The lowest BCUT2D eigenvalue weighted by Gasteiger charge is -2.27. The number of nitrogens with zero attached hydrogens (tertiary/aromatic N) is 3. The van der Waals surface area contributed by atoms with Gasteiger partial charge in [-0.2, -0.15) is 0 Å². The monoisotopic (exact) mass is 473 g/mol. The van der Waals surface area contributed by atoms with Crippen LogP contribution in [0.1, 0.15) is 50.8 Å². The Bertz CT molecular complexity index is 1130. The van der Waals surface area contributed by atoms with E-state index in [1.807, 2.05) is 87.5 Å². The normalized spacial score (nSPS) is 15.5. The van der Waals surface area contributed by atoms with E-state index in [1.165, 1.54) is 4.90 Å². The highest BCUT2D eigenvalue weighted by Gasteiger charge is 2.32. The number of hydrogen-bond acceptors (Lipinski definition) is 5. The number of para-hydroxylation sites is 1. The van der Waals surface area contributed by atoms with Crippen LogP contribution in [0.15, 0.2) is 79.0 Å². The third-order valence-electron chi connectivity index (χ3n) is 5.67. The predicted molar refractivity (Wildman–Crippen MR) is 134 cm³/mol. The van der Waals surface area contributed by atoms with Crippen molar-refractivity contribution >= 4 is 23.7 Å². The average Bonchev–Trinajstić information content (AvgIpc) is 3.33. The molecule has 1 aromatic heterocycles. The van der Waals surface area contributed by atoms with Gasteiger partial charge in [-0.15, -0.1) is 0 Å². The van der Waals surface area contributed by atoms with Crippen molar-refractivity contribution in [3.8, 4) is 0 Å². The van der Waals surface area contributed by atoms with Crippen LogP contribution in [-0.2, 0) is 16.1 Å². The average molecular weight is 474 g/mol. The number of amides is 2. The molecular weight excluding hydrogens is 442 g/mol. The Morgan fingerprint density at radius 2 is 1.69 bits per heavy atom. The van der Waals surface area contributed by atoms with Crippen LogP contribution < -0.4 is 4.90 Å². The van der Waals surface area contributed by atoms with E-state index >= 15 is 0 Å². The van der Waals surface area contributed by atoms with Crippen molar-refractivity contribution in [2.75, 3.05) is 11.4 Å².